The standard InChI is InChI=1S/C12H26O4S/c1-3-4-5-6-9-12(13)10-7-8-11(2)17(14,15)16/h11-13H,3-10H2,1-2H3,(H,14,15,16). The van der Waals surface area contributed by atoms with Crippen LogP contribution in [-0.4, -0.2) is 29.4 Å². The summed E-state index contributed by atoms with van der Waals surface area (Å²) in [5.74, 6) is 0. The molecule has 2 N–H and O–H groups in total. The largest absolute Gasteiger partial charge is 0.393 e. The first kappa shape index (κ1) is 16.9. The molecule has 0 radical (unpaired) electrons. The summed E-state index contributed by atoms with van der Waals surface area (Å²) < 4.78 is 30.2. The fraction of sp³-hybridized carbons (Fsp3) is 1.00. The molecule has 4 nitrogen and oxygen atoms in total. The zero-order valence-corrected chi connectivity index (χ0v) is 11.7. The van der Waals surface area contributed by atoms with Gasteiger partial charge in [-0.2, -0.15) is 8.42 Å². The summed E-state index contributed by atoms with van der Waals surface area (Å²) in [6.45, 7) is 3.64. The smallest absolute Gasteiger partial charge is 0.267 e. The lowest BCUT2D eigenvalue weighted by molar-refractivity contribution is 0.147. The summed E-state index contributed by atoms with van der Waals surface area (Å²) in [5, 5.41) is 8.93. The van der Waals surface area contributed by atoms with E-state index >= 15 is 0 Å². The molecule has 0 aromatic rings. The zero-order chi connectivity index (χ0) is 13.3. The average molecular weight is 266 g/mol. The fourth-order valence-electron chi connectivity index (χ4n) is 1.74. The van der Waals surface area contributed by atoms with E-state index in [0.717, 1.165) is 19.3 Å². The monoisotopic (exact) mass is 266 g/mol. The van der Waals surface area contributed by atoms with Crippen molar-refractivity contribution in [3.8, 4) is 0 Å². The van der Waals surface area contributed by atoms with Crippen LogP contribution in [-0.2, 0) is 10.1 Å². The van der Waals surface area contributed by atoms with Gasteiger partial charge in [-0.3, -0.25) is 4.55 Å². The van der Waals surface area contributed by atoms with Crippen molar-refractivity contribution < 1.29 is 18.1 Å². The van der Waals surface area contributed by atoms with Crippen LogP contribution in [0.4, 0.5) is 0 Å². The minimum Gasteiger partial charge on any atom is -0.393 e. The highest BCUT2D eigenvalue weighted by molar-refractivity contribution is 7.86. The normalized spacial score (nSPS) is 15.8. The van der Waals surface area contributed by atoms with Crippen molar-refractivity contribution in [2.45, 2.75) is 76.6 Å². The molecule has 104 valence electrons. The predicted molar refractivity (Wildman–Crippen MR) is 69.6 cm³/mol. The summed E-state index contributed by atoms with van der Waals surface area (Å²) in [5.41, 5.74) is 0. The minimum absolute atomic E-state index is 0.333. The molecule has 0 heterocycles. The molecule has 0 rings (SSSR count). The molecule has 0 aliphatic rings. The van der Waals surface area contributed by atoms with Crippen LogP contribution >= 0.6 is 0 Å². The molecular weight excluding hydrogens is 240 g/mol. The first-order valence-electron chi connectivity index (χ1n) is 6.52. The van der Waals surface area contributed by atoms with Crippen LogP contribution in [0.25, 0.3) is 0 Å². The summed E-state index contributed by atoms with van der Waals surface area (Å²) in [6.07, 6.45) is 6.68. The van der Waals surface area contributed by atoms with Gasteiger partial charge in [-0.05, 0) is 32.6 Å². The van der Waals surface area contributed by atoms with Crippen LogP contribution in [0.15, 0.2) is 0 Å². The quantitative estimate of drug-likeness (QED) is 0.471. The Morgan fingerprint density at radius 3 is 2.12 bits per heavy atom. The molecule has 0 saturated heterocycles. The topological polar surface area (TPSA) is 74.6 Å². The molecule has 0 amide bonds. The van der Waals surface area contributed by atoms with Crippen LogP contribution in [0, 0.1) is 0 Å². The van der Waals surface area contributed by atoms with Crippen LogP contribution in [0.3, 0.4) is 0 Å². The Hall–Kier alpha value is -0.130. The molecule has 2 unspecified atom stereocenters. The van der Waals surface area contributed by atoms with E-state index in [4.69, 9.17) is 4.55 Å². The first-order chi connectivity index (χ1) is 7.88. The van der Waals surface area contributed by atoms with Crippen molar-refractivity contribution >= 4 is 10.1 Å². The molecule has 0 aromatic carbocycles. The summed E-state index contributed by atoms with van der Waals surface area (Å²) in [7, 11) is -3.91. The maximum Gasteiger partial charge on any atom is 0.267 e. The van der Waals surface area contributed by atoms with E-state index in [1.165, 1.54) is 19.8 Å². The molecule has 17 heavy (non-hydrogen) atoms. The molecular formula is C12H26O4S. The predicted octanol–water partition coefficient (Wildman–Crippen LogP) is 2.76. The maximum absolute atomic E-state index is 10.7. The van der Waals surface area contributed by atoms with Crippen molar-refractivity contribution in [3.63, 3.8) is 0 Å². The lowest BCUT2D eigenvalue weighted by Gasteiger charge is -2.12. The van der Waals surface area contributed by atoms with Gasteiger partial charge in [0.2, 0.25) is 0 Å². The van der Waals surface area contributed by atoms with E-state index in [0.29, 0.717) is 19.3 Å². The van der Waals surface area contributed by atoms with Crippen LogP contribution in [0.5, 0.6) is 0 Å². The van der Waals surface area contributed by atoms with Gasteiger partial charge in [0.25, 0.3) is 10.1 Å². The third-order valence-electron chi connectivity index (χ3n) is 3.05. The van der Waals surface area contributed by atoms with E-state index < -0.39 is 15.4 Å². The number of hydrogen-bond acceptors (Lipinski definition) is 3. The highest BCUT2D eigenvalue weighted by Crippen LogP contribution is 2.13. The molecule has 0 bridgehead atoms. The second kappa shape index (κ2) is 8.89. The van der Waals surface area contributed by atoms with Gasteiger partial charge >= 0.3 is 0 Å². The van der Waals surface area contributed by atoms with E-state index in [1.807, 2.05) is 0 Å². The molecule has 0 spiro atoms. The van der Waals surface area contributed by atoms with Gasteiger partial charge in [0, 0.05) is 0 Å². The Kier molecular flexibility index (Phi) is 8.82. The van der Waals surface area contributed by atoms with E-state index in [-0.39, 0.29) is 6.10 Å². The van der Waals surface area contributed by atoms with Crippen molar-refractivity contribution in [1.29, 1.82) is 0 Å². The number of rotatable bonds is 10. The first-order valence-corrected chi connectivity index (χ1v) is 8.02. The van der Waals surface area contributed by atoms with E-state index in [9.17, 15) is 13.5 Å². The maximum atomic E-state index is 10.7. The van der Waals surface area contributed by atoms with Crippen LogP contribution in [0.1, 0.15) is 65.2 Å². The molecule has 0 fully saturated rings. The van der Waals surface area contributed by atoms with Gasteiger partial charge in [-0.15, -0.1) is 0 Å². The number of aliphatic hydroxyl groups excluding tert-OH is 1. The average Bonchev–Trinajstić information content (AvgIpc) is 2.23. The second-order valence-electron chi connectivity index (χ2n) is 4.76. The molecule has 2 atom stereocenters. The third kappa shape index (κ3) is 9.56. The molecule has 0 aliphatic heterocycles. The highest BCUT2D eigenvalue weighted by Gasteiger charge is 2.17. The summed E-state index contributed by atoms with van der Waals surface area (Å²) in [4.78, 5) is 0. The van der Waals surface area contributed by atoms with Crippen molar-refractivity contribution in [2.75, 3.05) is 0 Å². The fourth-order valence-corrected chi connectivity index (χ4v) is 2.21. The Morgan fingerprint density at radius 2 is 1.59 bits per heavy atom. The van der Waals surface area contributed by atoms with Gasteiger partial charge in [0.15, 0.2) is 0 Å². The molecule has 5 heteroatoms. The Balaban J connectivity index is 3.54. The number of hydrogen-bond donors (Lipinski definition) is 2. The zero-order valence-electron chi connectivity index (χ0n) is 10.9. The second-order valence-corrected chi connectivity index (χ2v) is 6.59. The van der Waals surface area contributed by atoms with Crippen LogP contribution < -0.4 is 0 Å². The molecule has 0 saturated carbocycles. The number of unbranched alkanes of at least 4 members (excludes halogenated alkanes) is 3. The number of aliphatic hydroxyl groups is 1. The lowest BCUT2D eigenvalue weighted by Crippen LogP contribution is -2.17. The Bertz CT molecular complexity index is 274. The third-order valence-corrected chi connectivity index (χ3v) is 4.30. The summed E-state index contributed by atoms with van der Waals surface area (Å²) >= 11 is 0. The Morgan fingerprint density at radius 1 is 1.00 bits per heavy atom. The van der Waals surface area contributed by atoms with Gasteiger partial charge in [-0.25, -0.2) is 0 Å². The van der Waals surface area contributed by atoms with Crippen molar-refractivity contribution in [3.05, 3.63) is 0 Å². The van der Waals surface area contributed by atoms with Crippen molar-refractivity contribution in [2.24, 2.45) is 0 Å². The van der Waals surface area contributed by atoms with Gasteiger partial charge in [0.1, 0.15) is 0 Å². The van der Waals surface area contributed by atoms with Gasteiger partial charge in [0.05, 0.1) is 11.4 Å². The van der Waals surface area contributed by atoms with Gasteiger partial charge in [-0.1, -0.05) is 32.6 Å². The van der Waals surface area contributed by atoms with E-state index in [2.05, 4.69) is 6.92 Å². The van der Waals surface area contributed by atoms with Crippen LogP contribution in [0.2, 0.25) is 0 Å². The Labute approximate surface area is 105 Å². The highest BCUT2D eigenvalue weighted by atomic mass is 32.2. The van der Waals surface area contributed by atoms with Gasteiger partial charge < -0.3 is 5.11 Å². The van der Waals surface area contributed by atoms with E-state index in [1.54, 1.807) is 0 Å². The lowest BCUT2D eigenvalue weighted by atomic mass is 10.0. The molecule has 0 aromatic heterocycles. The van der Waals surface area contributed by atoms with Crippen molar-refractivity contribution in [1.82, 2.24) is 0 Å². The molecule has 0 aliphatic carbocycles. The minimum atomic E-state index is -3.91. The SMILES string of the molecule is CCCCCCC(O)CCCC(C)S(=O)(=O)O. The summed E-state index contributed by atoms with van der Waals surface area (Å²) in [6, 6.07) is 0.